The summed E-state index contributed by atoms with van der Waals surface area (Å²) in [6.07, 6.45) is 1.56. The van der Waals surface area contributed by atoms with Gasteiger partial charge in [0.1, 0.15) is 11.6 Å². The van der Waals surface area contributed by atoms with Gasteiger partial charge in [0.05, 0.1) is 12.2 Å². The lowest BCUT2D eigenvalue weighted by Crippen LogP contribution is -2.12. The number of aromatic nitrogens is 1. The first-order valence-corrected chi connectivity index (χ1v) is 8.89. The largest absolute Gasteiger partial charge is 0.494 e. The van der Waals surface area contributed by atoms with E-state index in [0.29, 0.717) is 18.0 Å². The third-order valence-electron chi connectivity index (χ3n) is 4.23. The molecule has 27 heavy (non-hydrogen) atoms. The number of carbonyl (C=O) groups excluding carboxylic acids is 1. The second-order valence-electron chi connectivity index (χ2n) is 6.27. The van der Waals surface area contributed by atoms with Gasteiger partial charge >= 0.3 is 0 Å². The van der Waals surface area contributed by atoms with Crippen molar-refractivity contribution in [1.29, 1.82) is 0 Å². The predicted octanol–water partition coefficient (Wildman–Crippen LogP) is 5.09. The van der Waals surface area contributed by atoms with Gasteiger partial charge in [0, 0.05) is 17.6 Å². The Kier molecular flexibility index (Phi) is 5.71. The van der Waals surface area contributed by atoms with E-state index in [1.807, 2.05) is 63.2 Å². The van der Waals surface area contributed by atoms with Crippen molar-refractivity contribution in [1.82, 2.24) is 4.98 Å². The molecule has 3 rings (SSSR count). The van der Waals surface area contributed by atoms with Gasteiger partial charge in [-0.05, 0) is 80.4 Å². The van der Waals surface area contributed by atoms with Gasteiger partial charge in [-0.25, -0.2) is 4.98 Å². The molecule has 0 radical (unpaired) electrons. The van der Waals surface area contributed by atoms with E-state index in [9.17, 15) is 4.79 Å². The van der Waals surface area contributed by atoms with Crippen molar-refractivity contribution in [2.24, 2.45) is 0 Å². The summed E-state index contributed by atoms with van der Waals surface area (Å²) < 4.78 is 5.43. The maximum absolute atomic E-state index is 12.4. The summed E-state index contributed by atoms with van der Waals surface area (Å²) in [5.41, 5.74) is 4.52. The quantitative estimate of drug-likeness (QED) is 0.642. The Bertz CT molecular complexity index is 919. The van der Waals surface area contributed by atoms with Crippen molar-refractivity contribution >= 4 is 23.1 Å². The topological polar surface area (TPSA) is 63.2 Å². The normalized spacial score (nSPS) is 10.3. The Morgan fingerprint density at radius 2 is 1.70 bits per heavy atom. The van der Waals surface area contributed by atoms with Gasteiger partial charge in [-0.15, -0.1) is 0 Å². The molecule has 2 N–H and O–H groups in total. The van der Waals surface area contributed by atoms with Crippen LogP contribution < -0.4 is 15.4 Å². The maximum Gasteiger partial charge on any atom is 0.257 e. The lowest BCUT2D eigenvalue weighted by Gasteiger charge is -2.09. The minimum atomic E-state index is -0.182. The Morgan fingerprint density at radius 3 is 2.33 bits per heavy atom. The van der Waals surface area contributed by atoms with E-state index in [-0.39, 0.29) is 5.91 Å². The summed E-state index contributed by atoms with van der Waals surface area (Å²) in [7, 11) is 0. The molecule has 0 aliphatic rings. The zero-order chi connectivity index (χ0) is 19.2. The van der Waals surface area contributed by atoms with Gasteiger partial charge in [0.25, 0.3) is 5.91 Å². The van der Waals surface area contributed by atoms with Gasteiger partial charge < -0.3 is 15.4 Å². The lowest BCUT2D eigenvalue weighted by molar-refractivity contribution is 0.102. The Hall–Kier alpha value is -3.34. The van der Waals surface area contributed by atoms with Crippen LogP contribution in [0.5, 0.6) is 5.75 Å². The molecule has 3 aromatic rings. The van der Waals surface area contributed by atoms with Crippen LogP contribution in [0.2, 0.25) is 0 Å². The summed E-state index contributed by atoms with van der Waals surface area (Å²) in [5, 5.41) is 6.10. The number of rotatable bonds is 6. The molecule has 0 bridgehead atoms. The van der Waals surface area contributed by atoms with E-state index in [1.165, 1.54) is 5.56 Å². The Balaban J connectivity index is 1.63. The molecule has 0 saturated heterocycles. The number of nitrogens with one attached hydrogen (secondary N) is 2. The Labute approximate surface area is 159 Å². The van der Waals surface area contributed by atoms with Gasteiger partial charge in [0.15, 0.2) is 0 Å². The fourth-order valence-electron chi connectivity index (χ4n) is 2.57. The first-order valence-electron chi connectivity index (χ1n) is 8.89. The average Bonchev–Trinajstić information content (AvgIpc) is 2.67. The van der Waals surface area contributed by atoms with E-state index in [4.69, 9.17) is 4.74 Å². The number of pyridine rings is 1. The molecule has 2 aromatic carbocycles. The fourth-order valence-corrected chi connectivity index (χ4v) is 2.57. The van der Waals surface area contributed by atoms with Crippen molar-refractivity contribution in [3.63, 3.8) is 0 Å². The number of amides is 1. The number of benzene rings is 2. The molecule has 138 valence electrons. The van der Waals surface area contributed by atoms with Crippen LogP contribution in [0.25, 0.3) is 0 Å². The van der Waals surface area contributed by atoms with Gasteiger partial charge in [0.2, 0.25) is 0 Å². The predicted molar refractivity (Wildman–Crippen MR) is 109 cm³/mol. The summed E-state index contributed by atoms with van der Waals surface area (Å²) in [6.45, 7) is 6.66. The minimum Gasteiger partial charge on any atom is -0.494 e. The van der Waals surface area contributed by atoms with E-state index in [2.05, 4.69) is 15.6 Å². The van der Waals surface area contributed by atoms with Crippen LogP contribution >= 0.6 is 0 Å². The number of anilines is 3. The van der Waals surface area contributed by atoms with E-state index >= 15 is 0 Å². The minimum absolute atomic E-state index is 0.182. The molecule has 0 aliphatic heterocycles. The van der Waals surface area contributed by atoms with E-state index < -0.39 is 0 Å². The lowest BCUT2D eigenvalue weighted by atomic mass is 10.1. The molecule has 1 aromatic heterocycles. The first-order chi connectivity index (χ1) is 13.0. The van der Waals surface area contributed by atoms with Crippen LogP contribution in [0.4, 0.5) is 17.2 Å². The molecule has 5 heteroatoms. The van der Waals surface area contributed by atoms with Crippen molar-refractivity contribution in [3.05, 3.63) is 77.5 Å². The number of hydrogen-bond acceptors (Lipinski definition) is 4. The highest BCUT2D eigenvalue weighted by molar-refractivity contribution is 6.04. The van der Waals surface area contributed by atoms with Crippen LogP contribution in [-0.2, 0) is 0 Å². The van der Waals surface area contributed by atoms with Crippen molar-refractivity contribution in [2.75, 3.05) is 17.2 Å². The zero-order valence-corrected chi connectivity index (χ0v) is 15.7. The van der Waals surface area contributed by atoms with Crippen LogP contribution in [0, 0.1) is 13.8 Å². The highest BCUT2D eigenvalue weighted by Gasteiger charge is 2.08. The molecule has 0 atom stereocenters. The molecule has 0 fully saturated rings. The molecule has 0 spiro atoms. The third-order valence-corrected chi connectivity index (χ3v) is 4.23. The second-order valence-corrected chi connectivity index (χ2v) is 6.27. The van der Waals surface area contributed by atoms with Crippen LogP contribution in [0.3, 0.4) is 0 Å². The smallest absolute Gasteiger partial charge is 0.257 e. The van der Waals surface area contributed by atoms with Crippen LogP contribution in [0.1, 0.15) is 28.4 Å². The first kappa shape index (κ1) is 18.5. The van der Waals surface area contributed by atoms with Crippen molar-refractivity contribution < 1.29 is 9.53 Å². The molecule has 1 amide bonds. The van der Waals surface area contributed by atoms with Crippen LogP contribution in [0.15, 0.2) is 60.8 Å². The molecule has 0 saturated carbocycles. The third kappa shape index (κ3) is 4.85. The fraction of sp³-hybridized carbons (Fsp3) is 0.182. The highest BCUT2D eigenvalue weighted by atomic mass is 16.5. The summed E-state index contributed by atoms with van der Waals surface area (Å²) in [6, 6.07) is 17.0. The number of nitrogens with zero attached hydrogens (tertiary/aromatic N) is 1. The van der Waals surface area contributed by atoms with Crippen LogP contribution in [-0.4, -0.2) is 17.5 Å². The number of carbonyl (C=O) groups is 1. The summed E-state index contributed by atoms with van der Waals surface area (Å²) in [5.74, 6) is 1.31. The van der Waals surface area contributed by atoms with Gasteiger partial charge in [-0.2, -0.15) is 0 Å². The van der Waals surface area contributed by atoms with Gasteiger partial charge in [-0.3, -0.25) is 4.79 Å². The molecular weight excluding hydrogens is 338 g/mol. The monoisotopic (exact) mass is 361 g/mol. The average molecular weight is 361 g/mol. The van der Waals surface area contributed by atoms with E-state index in [1.54, 1.807) is 18.3 Å². The SMILES string of the molecule is CCOc1ccc(Nc2ccc(C(=O)Nc3ccc(C)c(C)c3)cn2)cc1. The summed E-state index contributed by atoms with van der Waals surface area (Å²) in [4.78, 5) is 16.7. The number of hydrogen-bond donors (Lipinski definition) is 2. The molecular formula is C22H23N3O2. The maximum atomic E-state index is 12.4. The standard InChI is InChI=1S/C22H23N3O2/c1-4-27-20-10-8-18(9-11-20)24-21-12-6-17(14-23-21)22(26)25-19-7-5-15(2)16(3)13-19/h5-14H,4H2,1-3H3,(H,23,24)(H,25,26). The number of ether oxygens (including phenoxy) is 1. The molecule has 0 unspecified atom stereocenters. The van der Waals surface area contributed by atoms with Gasteiger partial charge in [-0.1, -0.05) is 6.07 Å². The molecule has 1 heterocycles. The van der Waals surface area contributed by atoms with Crippen molar-refractivity contribution in [2.45, 2.75) is 20.8 Å². The summed E-state index contributed by atoms with van der Waals surface area (Å²) >= 11 is 0. The van der Waals surface area contributed by atoms with Crippen molar-refractivity contribution in [3.8, 4) is 5.75 Å². The molecule has 5 nitrogen and oxygen atoms in total. The molecule has 0 aliphatic carbocycles. The second kappa shape index (κ2) is 8.36. The zero-order valence-electron chi connectivity index (χ0n) is 15.7. The Morgan fingerprint density at radius 1 is 0.963 bits per heavy atom. The highest BCUT2D eigenvalue weighted by Crippen LogP contribution is 2.20. The van der Waals surface area contributed by atoms with E-state index in [0.717, 1.165) is 22.7 Å². The number of aryl methyl sites for hydroxylation is 2.